The third-order valence-corrected chi connectivity index (χ3v) is 5.05. The highest BCUT2D eigenvalue weighted by Crippen LogP contribution is 2.21. The minimum Gasteiger partial charge on any atom is -0.465 e. The van der Waals surface area contributed by atoms with Crippen molar-refractivity contribution in [1.82, 2.24) is 9.72 Å². The fourth-order valence-electron chi connectivity index (χ4n) is 2.70. The van der Waals surface area contributed by atoms with Crippen LogP contribution in [-0.2, 0) is 22.5 Å². The summed E-state index contributed by atoms with van der Waals surface area (Å²) in [5.41, 5.74) is 2.07. The van der Waals surface area contributed by atoms with E-state index in [9.17, 15) is 9.59 Å². The van der Waals surface area contributed by atoms with E-state index in [0.29, 0.717) is 11.4 Å². The molecule has 27 heavy (non-hydrogen) atoms. The van der Waals surface area contributed by atoms with Crippen LogP contribution in [-0.4, -0.2) is 28.2 Å². The summed E-state index contributed by atoms with van der Waals surface area (Å²) in [5, 5.41) is 3.53. The molecule has 0 aliphatic carbocycles. The third-order valence-electron chi connectivity index (χ3n) is 4.00. The average Bonchev–Trinajstić information content (AvgIpc) is 3.29. The Morgan fingerprint density at radius 3 is 2.85 bits per heavy atom. The molecule has 3 aromatic rings. The highest BCUT2D eigenvalue weighted by molar-refractivity contribution is 7.16. The molecule has 0 saturated carbocycles. The smallest absolute Gasteiger partial charge is 0.326 e. The van der Waals surface area contributed by atoms with Crippen LogP contribution < -0.4 is 4.80 Å². The van der Waals surface area contributed by atoms with Gasteiger partial charge in [0.05, 0.1) is 23.0 Å². The number of thiazole rings is 1. The van der Waals surface area contributed by atoms with E-state index >= 15 is 0 Å². The first-order valence-electron chi connectivity index (χ1n) is 8.90. The molecule has 0 saturated heterocycles. The second kappa shape index (κ2) is 8.77. The fourth-order valence-corrected chi connectivity index (χ4v) is 3.79. The molecule has 142 valence electrons. The van der Waals surface area contributed by atoms with Crippen molar-refractivity contribution in [2.24, 2.45) is 4.99 Å². The van der Waals surface area contributed by atoms with Crippen LogP contribution in [0.25, 0.3) is 10.2 Å². The Morgan fingerprint density at radius 1 is 1.30 bits per heavy atom. The van der Waals surface area contributed by atoms with Gasteiger partial charge < -0.3 is 13.8 Å². The van der Waals surface area contributed by atoms with Gasteiger partial charge in [0, 0.05) is 6.07 Å². The maximum absolute atomic E-state index is 12.3. The number of fused-ring (bicyclic) bond motifs is 1. The molecule has 1 aromatic carbocycles. The number of aromatic nitrogens is 2. The average molecular weight is 387 g/mol. The van der Waals surface area contributed by atoms with E-state index in [1.165, 1.54) is 29.2 Å². The predicted molar refractivity (Wildman–Crippen MR) is 101 cm³/mol. The van der Waals surface area contributed by atoms with Crippen molar-refractivity contribution < 1.29 is 18.8 Å². The molecule has 0 unspecified atom stereocenters. The zero-order valence-electron chi connectivity index (χ0n) is 15.3. The molecule has 0 spiro atoms. The van der Waals surface area contributed by atoms with Crippen LogP contribution in [0.4, 0.5) is 0 Å². The Kier molecular flexibility index (Phi) is 6.18. The molecule has 0 atom stereocenters. The van der Waals surface area contributed by atoms with Crippen molar-refractivity contribution in [1.29, 1.82) is 0 Å². The molecule has 2 aromatic heterocycles. The van der Waals surface area contributed by atoms with Crippen LogP contribution in [0, 0.1) is 0 Å². The number of aryl methyl sites for hydroxylation is 1. The van der Waals surface area contributed by atoms with Crippen molar-refractivity contribution >= 4 is 33.4 Å². The summed E-state index contributed by atoms with van der Waals surface area (Å²) < 4.78 is 12.6. The number of amides is 1. The summed E-state index contributed by atoms with van der Waals surface area (Å²) in [6.07, 6.45) is 4.62. The molecule has 1 amide bonds. The minimum absolute atomic E-state index is 0.00926. The second-order valence-corrected chi connectivity index (χ2v) is 6.98. The first-order valence-corrected chi connectivity index (χ1v) is 9.71. The number of benzene rings is 1. The van der Waals surface area contributed by atoms with Gasteiger partial charge in [-0.25, -0.2) is 0 Å². The highest BCUT2D eigenvalue weighted by Gasteiger charge is 2.14. The van der Waals surface area contributed by atoms with Crippen LogP contribution in [0.1, 0.15) is 42.8 Å². The van der Waals surface area contributed by atoms with Gasteiger partial charge in [-0.15, -0.1) is 0 Å². The number of ether oxygens (including phenoxy) is 1. The standard InChI is InChI=1S/C19H21N3O4S/c1-3-5-6-13-7-8-14-16(11-13)27-19(22(14)12-17(23)25-4-2)21-18(24)15-9-10-20-26-15/h7-11H,3-6,12H2,1-2H3. The van der Waals surface area contributed by atoms with E-state index < -0.39 is 5.91 Å². The van der Waals surface area contributed by atoms with E-state index in [0.717, 1.165) is 29.5 Å². The van der Waals surface area contributed by atoms with E-state index in [4.69, 9.17) is 9.26 Å². The summed E-state index contributed by atoms with van der Waals surface area (Å²) in [5.74, 6) is -0.859. The summed E-state index contributed by atoms with van der Waals surface area (Å²) in [7, 11) is 0. The topological polar surface area (TPSA) is 86.7 Å². The van der Waals surface area contributed by atoms with Crippen molar-refractivity contribution in [3.05, 3.63) is 46.6 Å². The number of esters is 1. The quantitative estimate of drug-likeness (QED) is 0.580. The Hall–Kier alpha value is -2.74. The number of hydrogen-bond donors (Lipinski definition) is 0. The maximum atomic E-state index is 12.3. The van der Waals surface area contributed by atoms with Crippen LogP contribution in [0.3, 0.4) is 0 Å². The van der Waals surface area contributed by atoms with Gasteiger partial charge in [-0.05, 0) is 37.5 Å². The molecule has 0 radical (unpaired) electrons. The SMILES string of the molecule is CCCCc1ccc2c(c1)sc(=NC(=O)c1ccno1)n2CC(=O)OCC. The first kappa shape index (κ1) is 19.0. The Bertz CT molecular complexity index is 1000. The van der Waals surface area contributed by atoms with Gasteiger partial charge in [-0.1, -0.05) is 35.9 Å². The van der Waals surface area contributed by atoms with Crippen molar-refractivity contribution in [3.63, 3.8) is 0 Å². The van der Waals surface area contributed by atoms with Gasteiger partial charge in [0.25, 0.3) is 0 Å². The molecular formula is C19H21N3O4S. The number of hydrogen-bond acceptors (Lipinski definition) is 6. The van der Waals surface area contributed by atoms with Crippen molar-refractivity contribution in [2.45, 2.75) is 39.7 Å². The zero-order valence-corrected chi connectivity index (χ0v) is 16.1. The lowest BCUT2D eigenvalue weighted by Gasteiger charge is -2.05. The predicted octanol–water partition coefficient (Wildman–Crippen LogP) is 3.34. The van der Waals surface area contributed by atoms with Gasteiger partial charge in [0.2, 0.25) is 5.76 Å². The molecular weight excluding hydrogens is 366 g/mol. The maximum Gasteiger partial charge on any atom is 0.326 e. The molecule has 3 rings (SSSR count). The summed E-state index contributed by atoms with van der Waals surface area (Å²) in [6, 6.07) is 7.56. The fraction of sp³-hybridized carbons (Fsp3) is 0.368. The molecule has 0 aliphatic heterocycles. The Balaban J connectivity index is 2.05. The largest absolute Gasteiger partial charge is 0.465 e. The number of nitrogens with zero attached hydrogens (tertiary/aromatic N) is 3. The van der Waals surface area contributed by atoms with Gasteiger partial charge in [-0.3, -0.25) is 9.59 Å². The second-order valence-electron chi connectivity index (χ2n) is 5.98. The lowest BCUT2D eigenvalue weighted by atomic mass is 10.1. The van der Waals surface area contributed by atoms with E-state index in [1.54, 1.807) is 11.5 Å². The van der Waals surface area contributed by atoms with Gasteiger partial charge in [-0.2, -0.15) is 4.99 Å². The molecule has 0 aliphatic rings. The monoisotopic (exact) mass is 387 g/mol. The molecule has 8 heteroatoms. The zero-order chi connectivity index (χ0) is 19.2. The van der Waals surface area contributed by atoms with Crippen LogP contribution in [0.5, 0.6) is 0 Å². The molecule has 7 nitrogen and oxygen atoms in total. The van der Waals surface area contributed by atoms with Crippen molar-refractivity contribution in [2.75, 3.05) is 6.61 Å². The third kappa shape index (κ3) is 4.51. The lowest BCUT2D eigenvalue weighted by molar-refractivity contribution is -0.143. The molecule has 2 heterocycles. The normalized spacial score (nSPS) is 11.9. The van der Waals surface area contributed by atoms with E-state index in [-0.39, 0.29) is 18.3 Å². The first-order chi connectivity index (χ1) is 13.1. The summed E-state index contributed by atoms with van der Waals surface area (Å²) in [4.78, 5) is 28.9. The Morgan fingerprint density at radius 2 is 2.15 bits per heavy atom. The van der Waals surface area contributed by atoms with Gasteiger partial charge in [0.15, 0.2) is 4.80 Å². The summed E-state index contributed by atoms with van der Waals surface area (Å²) >= 11 is 1.36. The highest BCUT2D eigenvalue weighted by atomic mass is 32.1. The van der Waals surface area contributed by atoms with E-state index in [1.807, 2.05) is 6.07 Å². The lowest BCUT2D eigenvalue weighted by Crippen LogP contribution is -2.23. The number of rotatable bonds is 7. The molecule has 0 fully saturated rings. The number of carbonyl (C=O) groups excluding carboxylic acids is 2. The van der Waals surface area contributed by atoms with Gasteiger partial charge in [0.1, 0.15) is 6.54 Å². The van der Waals surface area contributed by atoms with Crippen LogP contribution >= 0.6 is 11.3 Å². The molecule has 0 bridgehead atoms. The number of unbranched alkanes of at least 4 members (excludes halogenated alkanes) is 1. The van der Waals surface area contributed by atoms with E-state index in [2.05, 4.69) is 29.2 Å². The number of carbonyl (C=O) groups is 2. The van der Waals surface area contributed by atoms with Gasteiger partial charge >= 0.3 is 11.9 Å². The van der Waals surface area contributed by atoms with Crippen LogP contribution in [0.15, 0.2) is 40.0 Å². The Labute approximate surface area is 160 Å². The minimum atomic E-state index is -0.539. The molecule has 0 N–H and O–H groups in total. The van der Waals surface area contributed by atoms with Crippen LogP contribution in [0.2, 0.25) is 0 Å². The van der Waals surface area contributed by atoms with Crippen molar-refractivity contribution in [3.8, 4) is 0 Å². The summed E-state index contributed by atoms with van der Waals surface area (Å²) in [6.45, 7) is 4.20.